The molecular weight excluding hydrogens is 338 g/mol. The topological polar surface area (TPSA) is 43.9 Å². The zero-order chi connectivity index (χ0) is 18.8. The van der Waals surface area contributed by atoms with Gasteiger partial charge in [-0.3, -0.25) is 9.59 Å². The molecule has 0 bridgehead atoms. The van der Waals surface area contributed by atoms with Crippen molar-refractivity contribution < 1.29 is 9.59 Å². The van der Waals surface area contributed by atoms with Crippen LogP contribution < -0.4 is 9.80 Å². The molecule has 3 aliphatic heterocycles. The molecule has 0 N–H and O–H groups in total. The van der Waals surface area contributed by atoms with E-state index in [1.807, 2.05) is 17.0 Å². The lowest BCUT2D eigenvalue weighted by atomic mass is 9.98. The molecular formula is C22H31N3O2. The number of benzene rings is 1. The molecule has 2 unspecified atom stereocenters. The van der Waals surface area contributed by atoms with E-state index in [2.05, 4.69) is 24.0 Å². The number of anilines is 2. The lowest BCUT2D eigenvalue weighted by molar-refractivity contribution is -0.137. The molecule has 1 aromatic carbocycles. The SMILES string of the molecule is CC1CCCN(C(=O)C2CC(=O)N(c3ccc(N4CCCCC4)cc3)C2)C1. The number of carbonyl (C=O) groups excluding carboxylic acids is 2. The Morgan fingerprint density at radius 2 is 1.63 bits per heavy atom. The summed E-state index contributed by atoms with van der Waals surface area (Å²) in [5, 5.41) is 0. The van der Waals surface area contributed by atoms with Crippen LogP contribution in [0.5, 0.6) is 0 Å². The number of amides is 2. The first-order chi connectivity index (χ1) is 13.1. The first-order valence-corrected chi connectivity index (χ1v) is 10.6. The number of piperidine rings is 2. The van der Waals surface area contributed by atoms with E-state index < -0.39 is 0 Å². The van der Waals surface area contributed by atoms with E-state index in [4.69, 9.17) is 0 Å². The second kappa shape index (κ2) is 7.91. The Labute approximate surface area is 162 Å². The van der Waals surface area contributed by atoms with Gasteiger partial charge < -0.3 is 14.7 Å². The Hall–Kier alpha value is -2.04. The fourth-order valence-electron chi connectivity index (χ4n) is 4.77. The molecule has 5 heteroatoms. The van der Waals surface area contributed by atoms with Gasteiger partial charge in [-0.1, -0.05) is 6.92 Å². The lowest BCUT2D eigenvalue weighted by Crippen LogP contribution is -2.43. The second-order valence-corrected chi connectivity index (χ2v) is 8.50. The van der Waals surface area contributed by atoms with Crippen LogP contribution in [-0.2, 0) is 9.59 Å². The predicted octanol–water partition coefficient (Wildman–Crippen LogP) is 3.29. The highest BCUT2D eigenvalue weighted by Gasteiger charge is 2.38. The van der Waals surface area contributed by atoms with Crippen molar-refractivity contribution in [2.24, 2.45) is 11.8 Å². The average molecular weight is 370 g/mol. The zero-order valence-corrected chi connectivity index (χ0v) is 16.4. The fraction of sp³-hybridized carbons (Fsp3) is 0.636. The molecule has 3 aliphatic rings. The van der Waals surface area contributed by atoms with E-state index >= 15 is 0 Å². The minimum Gasteiger partial charge on any atom is -0.372 e. The van der Waals surface area contributed by atoms with Gasteiger partial charge in [-0.05, 0) is 62.3 Å². The third kappa shape index (κ3) is 3.97. The summed E-state index contributed by atoms with van der Waals surface area (Å²) >= 11 is 0. The highest BCUT2D eigenvalue weighted by Crippen LogP contribution is 2.30. The van der Waals surface area contributed by atoms with Gasteiger partial charge in [0.15, 0.2) is 0 Å². The van der Waals surface area contributed by atoms with Crippen LogP contribution in [0.2, 0.25) is 0 Å². The Morgan fingerprint density at radius 3 is 2.33 bits per heavy atom. The van der Waals surface area contributed by atoms with Gasteiger partial charge in [0, 0.05) is 50.5 Å². The van der Waals surface area contributed by atoms with Gasteiger partial charge in [-0.2, -0.15) is 0 Å². The Morgan fingerprint density at radius 1 is 0.926 bits per heavy atom. The van der Waals surface area contributed by atoms with Crippen LogP contribution in [0.25, 0.3) is 0 Å². The van der Waals surface area contributed by atoms with Crippen LogP contribution in [0.15, 0.2) is 24.3 Å². The van der Waals surface area contributed by atoms with E-state index in [0.717, 1.165) is 38.3 Å². The van der Waals surface area contributed by atoms with Gasteiger partial charge in [0.05, 0.1) is 5.92 Å². The van der Waals surface area contributed by atoms with Crippen molar-refractivity contribution in [3.63, 3.8) is 0 Å². The quantitative estimate of drug-likeness (QED) is 0.821. The Kier molecular flexibility index (Phi) is 5.37. The van der Waals surface area contributed by atoms with Gasteiger partial charge in [0.2, 0.25) is 11.8 Å². The van der Waals surface area contributed by atoms with Gasteiger partial charge in [0.1, 0.15) is 0 Å². The monoisotopic (exact) mass is 369 g/mol. The molecule has 0 saturated carbocycles. The normalized spacial score (nSPS) is 26.6. The van der Waals surface area contributed by atoms with Crippen molar-refractivity contribution in [1.29, 1.82) is 0 Å². The van der Waals surface area contributed by atoms with Crippen molar-refractivity contribution in [2.75, 3.05) is 42.5 Å². The van der Waals surface area contributed by atoms with Crippen molar-refractivity contribution in [3.8, 4) is 0 Å². The Balaban J connectivity index is 1.40. The summed E-state index contributed by atoms with van der Waals surface area (Å²) in [6, 6.07) is 8.32. The molecule has 5 nitrogen and oxygen atoms in total. The van der Waals surface area contributed by atoms with Crippen molar-refractivity contribution in [1.82, 2.24) is 4.90 Å². The third-order valence-corrected chi connectivity index (χ3v) is 6.33. The molecule has 146 valence electrons. The molecule has 0 radical (unpaired) electrons. The molecule has 2 atom stereocenters. The molecule has 3 heterocycles. The summed E-state index contributed by atoms with van der Waals surface area (Å²) in [6.45, 7) is 6.65. The van der Waals surface area contributed by atoms with Gasteiger partial charge in [0.25, 0.3) is 0 Å². The first-order valence-electron chi connectivity index (χ1n) is 10.6. The summed E-state index contributed by atoms with van der Waals surface area (Å²) < 4.78 is 0. The largest absolute Gasteiger partial charge is 0.372 e. The van der Waals surface area contributed by atoms with E-state index in [-0.39, 0.29) is 17.7 Å². The molecule has 1 aromatic rings. The second-order valence-electron chi connectivity index (χ2n) is 8.50. The number of likely N-dealkylation sites (tertiary alicyclic amines) is 1. The zero-order valence-electron chi connectivity index (χ0n) is 16.4. The van der Waals surface area contributed by atoms with E-state index in [1.54, 1.807) is 4.90 Å². The number of hydrogen-bond donors (Lipinski definition) is 0. The van der Waals surface area contributed by atoms with Crippen LogP contribution in [-0.4, -0.2) is 49.4 Å². The maximum absolute atomic E-state index is 12.9. The van der Waals surface area contributed by atoms with Crippen LogP contribution in [0, 0.1) is 11.8 Å². The van der Waals surface area contributed by atoms with Crippen molar-refractivity contribution >= 4 is 23.2 Å². The predicted molar refractivity (Wildman–Crippen MR) is 108 cm³/mol. The molecule has 0 aromatic heterocycles. The van der Waals surface area contributed by atoms with E-state index in [1.165, 1.54) is 31.4 Å². The minimum atomic E-state index is -0.190. The maximum Gasteiger partial charge on any atom is 0.228 e. The smallest absolute Gasteiger partial charge is 0.228 e. The van der Waals surface area contributed by atoms with E-state index in [0.29, 0.717) is 18.9 Å². The summed E-state index contributed by atoms with van der Waals surface area (Å²) in [4.78, 5) is 31.6. The van der Waals surface area contributed by atoms with Crippen LogP contribution in [0.1, 0.15) is 45.4 Å². The molecule has 0 spiro atoms. The maximum atomic E-state index is 12.9. The lowest BCUT2D eigenvalue weighted by Gasteiger charge is -2.32. The highest BCUT2D eigenvalue weighted by molar-refractivity contribution is 6.00. The number of rotatable bonds is 3. The number of carbonyl (C=O) groups is 2. The average Bonchev–Trinajstić information content (AvgIpc) is 3.10. The van der Waals surface area contributed by atoms with Crippen LogP contribution in [0.3, 0.4) is 0 Å². The molecule has 3 fully saturated rings. The number of nitrogens with zero attached hydrogens (tertiary/aromatic N) is 3. The minimum absolute atomic E-state index is 0.0733. The molecule has 2 amide bonds. The third-order valence-electron chi connectivity index (χ3n) is 6.33. The fourth-order valence-corrected chi connectivity index (χ4v) is 4.77. The van der Waals surface area contributed by atoms with Crippen LogP contribution in [0.4, 0.5) is 11.4 Å². The summed E-state index contributed by atoms with van der Waals surface area (Å²) in [5.74, 6) is 0.620. The Bertz CT molecular complexity index is 681. The first kappa shape index (κ1) is 18.3. The molecule has 4 rings (SSSR count). The highest BCUT2D eigenvalue weighted by atomic mass is 16.2. The summed E-state index contributed by atoms with van der Waals surface area (Å²) in [5.41, 5.74) is 2.16. The van der Waals surface area contributed by atoms with Crippen LogP contribution >= 0.6 is 0 Å². The number of hydrogen-bond acceptors (Lipinski definition) is 3. The van der Waals surface area contributed by atoms with Crippen molar-refractivity contribution in [3.05, 3.63) is 24.3 Å². The van der Waals surface area contributed by atoms with Gasteiger partial charge >= 0.3 is 0 Å². The molecule has 0 aliphatic carbocycles. The summed E-state index contributed by atoms with van der Waals surface area (Å²) in [7, 11) is 0. The van der Waals surface area contributed by atoms with Crippen molar-refractivity contribution in [2.45, 2.75) is 45.4 Å². The molecule has 27 heavy (non-hydrogen) atoms. The van der Waals surface area contributed by atoms with E-state index in [9.17, 15) is 9.59 Å². The summed E-state index contributed by atoms with van der Waals surface area (Å²) in [6.07, 6.45) is 6.45. The standard InChI is InChI=1S/C22H31N3O2/c1-17-6-5-13-24(15-17)22(27)18-14-21(26)25(16-18)20-9-7-19(8-10-20)23-11-3-2-4-12-23/h7-10,17-18H,2-6,11-16H2,1H3. The van der Waals surface area contributed by atoms with Gasteiger partial charge in [-0.15, -0.1) is 0 Å². The van der Waals surface area contributed by atoms with Gasteiger partial charge in [-0.25, -0.2) is 0 Å². The molecule has 3 saturated heterocycles.